The van der Waals surface area contributed by atoms with Crippen molar-refractivity contribution in [2.45, 2.75) is 19.5 Å². The van der Waals surface area contributed by atoms with Crippen molar-refractivity contribution in [1.82, 2.24) is 19.5 Å². The van der Waals surface area contributed by atoms with Crippen LogP contribution in [0, 0.1) is 10.1 Å². The fourth-order valence-corrected chi connectivity index (χ4v) is 1.67. The average Bonchev–Trinajstić information content (AvgIpc) is 2.90. The van der Waals surface area contributed by atoms with Gasteiger partial charge >= 0.3 is 5.69 Å². The lowest BCUT2D eigenvalue weighted by Crippen LogP contribution is -2.23. The molecule has 0 aliphatic rings. The van der Waals surface area contributed by atoms with E-state index >= 15 is 0 Å². The topological polar surface area (TPSA) is 137 Å². The van der Waals surface area contributed by atoms with Crippen molar-refractivity contribution in [1.29, 1.82) is 0 Å². The van der Waals surface area contributed by atoms with Crippen molar-refractivity contribution in [3.63, 3.8) is 0 Å². The Morgan fingerprint density at radius 2 is 2.40 bits per heavy atom. The molecule has 0 spiro atoms. The zero-order valence-electron chi connectivity index (χ0n) is 10.7. The fourth-order valence-electron chi connectivity index (χ4n) is 1.67. The number of imidazole rings is 1. The van der Waals surface area contributed by atoms with E-state index in [0.29, 0.717) is 6.54 Å². The Kier molecular flexibility index (Phi) is 4.05. The van der Waals surface area contributed by atoms with Crippen LogP contribution < -0.4 is 16.6 Å². The summed E-state index contributed by atoms with van der Waals surface area (Å²) in [7, 11) is 0. The first-order valence-corrected chi connectivity index (χ1v) is 5.80. The first-order chi connectivity index (χ1) is 9.60. The lowest BCUT2D eigenvalue weighted by molar-refractivity contribution is -0.384. The van der Waals surface area contributed by atoms with Gasteiger partial charge in [-0.15, -0.1) is 0 Å². The molecular formula is C10H14N8O2. The molecule has 2 rings (SSSR count). The normalized spacial score (nSPS) is 11.9. The molecular weight excluding hydrogens is 264 g/mol. The highest BCUT2D eigenvalue weighted by Crippen LogP contribution is 2.22. The summed E-state index contributed by atoms with van der Waals surface area (Å²) in [6, 6.07) is -0.0941. The van der Waals surface area contributed by atoms with Crippen molar-refractivity contribution in [3.8, 4) is 0 Å². The second-order valence-corrected chi connectivity index (χ2v) is 4.13. The highest BCUT2D eigenvalue weighted by atomic mass is 16.6. The van der Waals surface area contributed by atoms with Gasteiger partial charge in [-0.2, -0.15) is 4.98 Å². The molecule has 0 aliphatic carbocycles. The zero-order valence-corrected chi connectivity index (χ0v) is 10.7. The van der Waals surface area contributed by atoms with Gasteiger partial charge in [0, 0.05) is 25.0 Å². The van der Waals surface area contributed by atoms with Gasteiger partial charge < -0.3 is 9.88 Å². The number of hydrazine groups is 1. The summed E-state index contributed by atoms with van der Waals surface area (Å²) in [5.74, 6) is 5.42. The van der Waals surface area contributed by atoms with Gasteiger partial charge in [-0.1, -0.05) is 0 Å². The summed E-state index contributed by atoms with van der Waals surface area (Å²) in [6.07, 6.45) is 6.24. The van der Waals surface area contributed by atoms with Gasteiger partial charge in [-0.3, -0.25) is 15.5 Å². The molecule has 1 atom stereocenters. The van der Waals surface area contributed by atoms with E-state index < -0.39 is 4.92 Å². The molecule has 0 amide bonds. The number of hydrogen-bond acceptors (Lipinski definition) is 8. The van der Waals surface area contributed by atoms with Crippen molar-refractivity contribution >= 4 is 17.5 Å². The van der Waals surface area contributed by atoms with Crippen LogP contribution in [0.4, 0.5) is 17.5 Å². The van der Waals surface area contributed by atoms with Crippen molar-refractivity contribution < 1.29 is 4.92 Å². The molecule has 0 saturated carbocycles. The quantitative estimate of drug-likeness (QED) is 0.391. The van der Waals surface area contributed by atoms with Crippen LogP contribution in [0.5, 0.6) is 0 Å². The van der Waals surface area contributed by atoms with Crippen LogP contribution in [0.15, 0.2) is 24.9 Å². The van der Waals surface area contributed by atoms with Crippen LogP contribution in [-0.2, 0) is 6.54 Å². The second kappa shape index (κ2) is 5.93. The van der Waals surface area contributed by atoms with Crippen LogP contribution >= 0.6 is 0 Å². The predicted octanol–water partition coefficient (Wildman–Crippen LogP) is 0.367. The van der Waals surface area contributed by atoms with E-state index in [1.54, 1.807) is 18.7 Å². The molecule has 0 radical (unpaired) electrons. The summed E-state index contributed by atoms with van der Waals surface area (Å²) in [5, 5.41) is 13.9. The van der Waals surface area contributed by atoms with Gasteiger partial charge in [-0.25, -0.2) is 15.8 Å². The van der Waals surface area contributed by atoms with E-state index in [2.05, 4.69) is 25.7 Å². The Hall–Kier alpha value is -2.75. The molecule has 10 heteroatoms. The third-order valence-corrected chi connectivity index (χ3v) is 2.52. The SMILES string of the molecule is CC(Cn1ccnc1)Nc1nc(NN)ncc1[N+](=O)[O-]. The summed E-state index contributed by atoms with van der Waals surface area (Å²) >= 11 is 0. The van der Waals surface area contributed by atoms with E-state index in [-0.39, 0.29) is 23.5 Å². The number of aromatic nitrogens is 4. The maximum Gasteiger partial charge on any atom is 0.329 e. The molecule has 2 aromatic rings. The fraction of sp³-hybridized carbons (Fsp3) is 0.300. The number of nitrogens with two attached hydrogens (primary N) is 1. The molecule has 0 aliphatic heterocycles. The Bertz CT molecular complexity index is 585. The molecule has 2 aromatic heterocycles. The van der Waals surface area contributed by atoms with Crippen molar-refractivity contribution in [3.05, 3.63) is 35.0 Å². The van der Waals surface area contributed by atoms with E-state index in [1.807, 2.05) is 11.5 Å². The van der Waals surface area contributed by atoms with Crippen LogP contribution in [0.25, 0.3) is 0 Å². The Morgan fingerprint density at radius 1 is 1.60 bits per heavy atom. The van der Waals surface area contributed by atoms with Crippen LogP contribution in [0.1, 0.15) is 6.92 Å². The van der Waals surface area contributed by atoms with Gasteiger partial charge in [0.2, 0.25) is 11.8 Å². The van der Waals surface area contributed by atoms with E-state index in [9.17, 15) is 10.1 Å². The summed E-state index contributed by atoms with van der Waals surface area (Å²) in [6.45, 7) is 2.47. The second-order valence-electron chi connectivity index (χ2n) is 4.13. The van der Waals surface area contributed by atoms with Crippen LogP contribution in [0.2, 0.25) is 0 Å². The lowest BCUT2D eigenvalue weighted by Gasteiger charge is -2.15. The highest BCUT2D eigenvalue weighted by molar-refractivity contribution is 5.57. The largest absolute Gasteiger partial charge is 0.360 e. The van der Waals surface area contributed by atoms with E-state index in [0.717, 1.165) is 6.20 Å². The van der Waals surface area contributed by atoms with Gasteiger partial charge in [0.1, 0.15) is 6.20 Å². The van der Waals surface area contributed by atoms with Gasteiger partial charge in [0.25, 0.3) is 0 Å². The average molecular weight is 278 g/mol. The van der Waals surface area contributed by atoms with Crippen LogP contribution in [-0.4, -0.2) is 30.5 Å². The smallest absolute Gasteiger partial charge is 0.329 e. The van der Waals surface area contributed by atoms with Gasteiger partial charge in [0.05, 0.1) is 11.3 Å². The van der Waals surface area contributed by atoms with Gasteiger partial charge in [0.15, 0.2) is 0 Å². The van der Waals surface area contributed by atoms with E-state index in [4.69, 9.17) is 5.84 Å². The highest BCUT2D eigenvalue weighted by Gasteiger charge is 2.18. The van der Waals surface area contributed by atoms with Crippen molar-refractivity contribution in [2.75, 3.05) is 10.7 Å². The standard InChI is InChI=1S/C10H14N8O2/c1-7(5-17-3-2-12-6-17)14-9-8(18(19)20)4-13-10(15-9)16-11/h2-4,6-7H,5,11H2,1H3,(H2,13,14,15,16). The number of nitro groups is 1. The number of nitrogen functional groups attached to an aromatic ring is 1. The monoisotopic (exact) mass is 278 g/mol. The molecule has 20 heavy (non-hydrogen) atoms. The Labute approximate surface area is 114 Å². The molecule has 1 unspecified atom stereocenters. The number of anilines is 2. The number of hydrogen-bond donors (Lipinski definition) is 3. The molecule has 0 aromatic carbocycles. The molecule has 0 saturated heterocycles. The van der Waals surface area contributed by atoms with Gasteiger partial charge in [-0.05, 0) is 6.92 Å². The third-order valence-electron chi connectivity index (χ3n) is 2.52. The molecule has 10 nitrogen and oxygen atoms in total. The van der Waals surface area contributed by atoms with E-state index in [1.165, 1.54) is 0 Å². The first kappa shape index (κ1) is 13.7. The zero-order chi connectivity index (χ0) is 14.5. The maximum absolute atomic E-state index is 10.9. The predicted molar refractivity (Wildman–Crippen MR) is 71.8 cm³/mol. The maximum atomic E-state index is 10.9. The molecule has 2 heterocycles. The minimum Gasteiger partial charge on any atom is -0.360 e. The third kappa shape index (κ3) is 3.17. The first-order valence-electron chi connectivity index (χ1n) is 5.80. The summed E-state index contributed by atoms with van der Waals surface area (Å²) in [5.41, 5.74) is 2.05. The molecule has 0 fully saturated rings. The molecule has 4 N–H and O–H groups in total. The number of nitrogens with one attached hydrogen (secondary N) is 2. The minimum absolute atomic E-state index is 0.0941. The summed E-state index contributed by atoms with van der Waals surface area (Å²) < 4.78 is 1.85. The minimum atomic E-state index is -0.549. The van der Waals surface area contributed by atoms with Crippen LogP contribution in [0.3, 0.4) is 0 Å². The number of rotatable bonds is 6. The molecule has 0 bridgehead atoms. The van der Waals surface area contributed by atoms with Crippen molar-refractivity contribution in [2.24, 2.45) is 5.84 Å². The Morgan fingerprint density at radius 3 is 3.00 bits per heavy atom. The summed E-state index contributed by atoms with van der Waals surface area (Å²) in [4.78, 5) is 22.0. The Balaban J connectivity index is 2.16. The number of nitrogens with zero attached hydrogens (tertiary/aromatic N) is 5. The molecule has 106 valence electrons. The lowest BCUT2D eigenvalue weighted by atomic mass is 10.3.